The van der Waals surface area contributed by atoms with E-state index in [9.17, 15) is 8.42 Å². The Bertz CT molecular complexity index is 923. The van der Waals surface area contributed by atoms with Crippen LogP contribution < -0.4 is 9.46 Å². The molecule has 0 saturated heterocycles. The van der Waals surface area contributed by atoms with Crippen LogP contribution in [-0.2, 0) is 10.0 Å². The fraction of sp³-hybridized carbons (Fsp3) is 0.105. The molecule has 0 aliphatic rings. The predicted octanol–water partition coefficient (Wildman–Crippen LogP) is 3.95. The highest BCUT2D eigenvalue weighted by Gasteiger charge is 2.14. The fourth-order valence-electron chi connectivity index (χ4n) is 2.33. The smallest absolute Gasteiger partial charge is 0.261 e. The van der Waals surface area contributed by atoms with Crippen LogP contribution in [0, 0.1) is 0 Å². The first-order valence-corrected chi connectivity index (χ1v) is 9.34. The Kier molecular flexibility index (Phi) is 5.00. The summed E-state index contributed by atoms with van der Waals surface area (Å²) in [4.78, 5) is 4.49. The first-order valence-electron chi connectivity index (χ1n) is 7.85. The number of sulfonamides is 1. The van der Waals surface area contributed by atoms with E-state index in [0.29, 0.717) is 18.0 Å². The third-order valence-electron chi connectivity index (χ3n) is 3.53. The standard InChI is InChI=1S/C19H18N2O3S/c1-2-24-17-9-11-18(12-10-17)25(22,23)21-16-8-13-19(20-14-16)15-6-4-3-5-7-15/h3-14,21H,2H2,1H3. The number of pyridine rings is 1. The van der Waals surface area contributed by atoms with Crippen LogP contribution in [0.5, 0.6) is 5.75 Å². The third kappa shape index (κ3) is 4.16. The molecule has 0 bridgehead atoms. The molecular formula is C19H18N2O3S. The van der Waals surface area contributed by atoms with E-state index in [1.807, 2.05) is 37.3 Å². The van der Waals surface area contributed by atoms with Crippen LogP contribution in [0.15, 0.2) is 77.8 Å². The van der Waals surface area contributed by atoms with Crippen LogP contribution in [0.1, 0.15) is 6.92 Å². The molecule has 3 aromatic rings. The molecular weight excluding hydrogens is 336 g/mol. The molecule has 0 aliphatic heterocycles. The lowest BCUT2D eigenvalue weighted by Gasteiger charge is -2.09. The molecule has 0 unspecified atom stereocenters. The Hall–Kier alpha value is -2.86. The highest BCUT2D eigenvalue weighted by atomic mass is 32.2. The summed E-state index contributed by atoms with van der Waals surface area (Å²) in [5, 5.41) is 0. The van der Waals surface area contributed by atoms with Crippen LogP contribution in [0.3, 0.4) is 0 Å². The molecule has 6 heteroatoms. The van der Waals surface area contributed by atoms with Gasteiger partial charge in [0.05, 0.1) is 29.1 Å². The van der Waals surface area contributed by atoms with Gasteiger partial charge in [-0.25, -0.2) is 8.42 Å². The SMILES string of the molecule is CCOc1ccc(S(=O)(=O)Nc2ccc(-c3ccccc3)nc2)cc1. The Labute approximate surface area is 147 Å². The van der Waals surface area contributed by atoms with Crippen molar-refractivity contribution in [3.63, 3.8) is 0 Å². The molecule has 25 heavy (non-hydrogen) atoms. The Balaban J connectivity index is 1.76. The lowest BCUT2D eigenvalue weighted by Crippen LogP contribution is -2.13. The number of nitrogens with zero attached hydrogens (tertiary/aromatic N) is 1. The van der Waals surface area contributed by atoms with Crippen LogP contribution in [0.25, 0.3) is 11.3 Å². The Morgan fingerprint density at radius 1 is 0.960 bits per heavy atom. The average molecular weight is 354 g/mol. The van der Waals surface area contributed by atoms with E-state index < -0.39 is 10.0 Å². The molecule has 0 radical (unpaired) electrons. The van der Waals surface area contributed by atoms with E-state index in [-0.39, 0.29) is 4.90 Å². The van der Waals surface area contributed by atoms with Crippen LogP contribution in [-0.4, -0.2) is 20.0 Å². The molecule has 0 saturated carbocycles. The number of hydrogen-bond acceptors (Lipinski definition) is 4. The highest BCUT2D eigenvalue weighted by molar-refractivity contribution is 7.92. The molecule has 128 valence electrons. The van der Waals surface area contributed by atoms with E-state index in [2.05, 4.69) is 9.71 Å². The monoisotopic (exact) mass is 354 g/mol. The number of ether oxygens (including phenoxy) is 1. The van der Waals surface area contributed by atoms with E-state index >= 15 is 0 Å². The van der Waals surface area contributed by atoms with Gasteiger partial charge in [0.1, 0.15) is 5.75 Å². The molecule has 0 amide bonds. The molecule has 0 spiro atoms. The summed E-state index contributed by atoms with van der Waals surface area (Å²) in [6.07, 6.45) is 1.51. The maximum atomic E-state index is 12.4. The first-order chi connectivity index (χ1) is 12.1. The number of hydrogen-bond donors (Lipinski definition) is 1. The lowest BCUT2D eigenvalue weighted by molar-refractivity contribution is 0.340. The van der Waals surface area contributed by atoms with Crippen molar-refractivity contribution in [1.29, 1.82) is 0 Å². The van der Waals surface area contributed by atoms with Crippen LogP contribution in [0.4, 0.5) is 5.69 Å². The highest BCUT2D eigenvalue weighted by Crippen LogP contribution is 2.21. The van der Waals surface area contributed by atoms with Crippen molar-refractivity contribution < 1.29 is 13.2 Å². The van der Waals surface area contributed by atoms with Crippen molar-refractivity contribution >= 4 is 15.7 Å². The second kappa shape index (κ2) is 7.36. The van der Waals surface area contributed by atoms with Crippen molar-refractivity contribution in [2.75, 3.05) is 11.3 Å². The Morgan fingerprint density at radius 2 is 1.68 bits per heavy atom. The minimum absolute atomic E-state index is 0.170. The number of anilines is 1. The van der Waals surface area contributed by atoms with Gasteiger partial charge in [0.2, 0.25) is 0 Å². The minimum atomic E-state index is -3.67. The second-order valence-corrected chi connectivity index (χ2v) is 6.99. The molecule has 1 N–H and O–H groups in total. The molecule has 2 aromatic carbocycles. The van der Waals surface area contributed by atoms with E-state index in [1.165, 1.54) is 18.3 Å². The zero-order valence-corrected chi connectivity index (χ0v) is 14.5. The lowest BCUT2D eigenvalue weighted by atomic mass is 10.1. The van der Waals surface area contributed by atoms with E-state index in [4.69, 9.17) is 4.74 Å². The average Bonchev–Trinajstić information content (AvgIpc) is 2.63. The van der Waals surface area contributed by atoms with Crippen LogP contribution in [0.2, 0.25) is 0 Å². The quantitative estimate of drug-likeness (QED) is 0.728. The summed E-state index contributed by atoms with van der Waals surface area (Å²) in [5.41, 5.74) is 2.17. The van der Waals surface area contributed by atoms with Gasteiger partial charge in [-0.1, -0.05) is 30.3 Å². The topological polar surface area (TPSA) is 68.3 Å². The van der Waals surface area contributed by atoms with Gasteiger partial charge in [0.15, 0.2) is 0 Å². The summed E-state index contributed by atoms with van der Waals surface area (Å²) in [6.45, 7) is 2.40. The van der Waals surface area contributed by atoms with Gasteiger partial charge in [-0.3, -0.25) is 9.71 Å². The van der Waals surface area contributed by atoms with E-state index in [1.54, 1.807) is 24.3 Å². The number of rotatable bonds is 6. The molecule has 3 rings (SSSR count). The summed E-state index contributed by atoms with van der Waals surface area (Å²) in [5.74, 6) is 0.635. The number of aromatic nitrogens is 1. The fourth-order valence-corrected chi connectivity index (χ4v) is 3.37. The van der Waals surface area contributed by atoms with Crippen molar-refractivity contribution in [2.24, 2.45) is 0 Å². The Morgan fingerprint density at radius 3 is 2.28 bits per heavy atom. The number of nitrogens with one attached hydrogen (secondary N) is 1. The van der Waals surface area contributed by atoms with Gasteiger partial charge < -0.3 is 4.74 Å². The van der Waals surface area contributed by atoms with E-state index in [0.717, 1.165) is 11.3 Å². The molecule has 1 heterocycles. The van der Waals surface area contributed by atoms with Crippen LogP contribution >= 0.6 is 0 Å². The second-order valence-electron chi connectivity index (χ2n) is 5.31. The maximum absolute atomic E-state index is 12.4. The third-order valence-corrected chi connectivity index (χ3v) is 4.93. The molecule has 5 nitrogen and oxygen atoms in total. The van der Waals surface area contributed by atoms with Crippen molar-refractivity contribution in [1.82, 2.24) is 4.98 Å². The number of benzene rings is 2. The van der Waals surface area contributed by atoms with Crippen molar-refractivity contribution in [2.45, 2.75) is 11.8 Å². The zero-order valence-electron chi connectivity index (χ0n) is 13.7. The van der Waals surface area contributed by atoms with Gasteiger partial charge in [-0.15, -0.1) is 0 Å². The van der Waals surface area contributed by atoms with Gasteiger partial charge >= 0.3 is 0 Å². The van der Waals surface area contributed by atoms with Gasteiger partial charge in [-0.2, -0.15) is 0 Å². The molecule has 0 atom stereocenters. The maximum Gasteiger partial charge on any atom is 0.261 e. The molecule has 0 aliphatic carbocycles. The van der Waals surface area contributed by atoms with Crippen molar-refractivity contribution in [3.8, 4) is 17.0 Å². The molecule has 1 aromatic heterocycles. The summed E-state index contributed by atoms with van der Waals surface area (Å²) < 4.78 is 32.7. The van der Waals surface area contributed by atoms with Gasteiger partial charge in [0.25, 0.3) is 10.0 Å². The first kappa shape index (κ1) is 17.0. The largest absolute Gasteiger partial charge is 0.494 e. The predicted molar refractivity (Wildman–Crippen MR) is 98.1 cm³/mol. The zero-order chi connectivity index (χ0) is 17.7. The minimum Gasteiger partial charge on any atom is -0.494 e. The normalized spacial score (nSPS) is 11.1. The summed E-state index contributed by atoms with van der Waals surface area (Å²) in [6, 6.07) is 19.5. The molecule has 0 fully saturated rings. The van der Waals surface area contributed by atoms with Gasteiger partial charge in [0, 0.05) is 5.56 Å². The van der Waals surface area contributed by atoms with Gasteiger partial charge in [-0.05, 0) is 43.3 Å². The summed E-state index contributed by atoms with van der Waals surface area (Å²) >= 11 is 0. The summed E-state index contributed by atoms with van der Waals surface area (Å²) in [7, 11) is -3.67. The van der Waals surface area contributed by atoms with Crippen molar-refractivity contribution in [3.05, 3.63) is 72.9 Å².